The third kappa shape index (κ3) is 4.62. The van der Waals surface area contributed by atoms with Gasteiger partial charge in [0.05, 0.1) is 11.5 Å². The first kappa shape index (κ1) is 28.4. The molecule has 8 heteroatoms. The molecule has 3 aliphatic heterocycles. The molecule has 0 aliphatic carbocycles. The van der Waals surface area contributed by atoms with E-state index in [0.717, 1.165) is 19.3 Å². The average molecular weight is 505 g/mol. The molecule has 0 aromatic rings. The van der Waals surface area contributed by atoms with E-state index in [4.69, 9.17) is 9.47 Å². The topological polar surface area (TPSA) is 96.4 Å². The summed E-state index contributed by atoms with van der Waals surface area (Å²) in [7, 11) is 0. The molecule has 2 bridgehead atoms. The summed E-state index contributed by atoms with van der Waals surface area (Å²) in [5.74, 6) is -2.42. The van der Waals surface area contributed by atoms with Crippen LogP contribution >= 0.6 is 0 Å². The fraction of sp³-hybridized carbons (Fsp3) is 0.750. The molecule has 0 radical (unpaired) electrons. The Labute approximate surface area is 215 Å². The van der Waals surface area contributed by atoms with Crippen molar-refractivity contribution >= 4 is 17.8 Å². The van der Waals surface area contributed by atoms with Gasteiger partial charge in [0.25, 0.3) is 0 Å². The van der Waals surface area contributed by atoms with Gasteiger partial charge >= 0.3 is 5.97 Å². The van der Waals surface area contributed by atoms with Gasteiger partial charge in [0.15, 0.2) is 0 Å². The number of hydrogen-bond donors (Lipinski definition) is 1. The first-order chi connectivity index (χ1) is 17.1. The quantitative estimate of drug-likeness (QED) is 0.222. The van der Waals surface area contributed by atoms with Gasteiger partial charge in [-0.3, -0.25) is 14.4 Å². The van der Waals surface area contributed by atoms with Crippen LogP contribution in [0.5, 0.6) is 0 Å². The normalized spacial score (nSPS) is 33.4. The van der Waals surface area contributed by atoms with Gasteiger partial charge in [-0.05, 0) is 51.9 Å². The van der Waals surface area contributed by atoms with Crippen molar-refractivity contribution in [2.24, 2.45) is 17.8 Å². The lowest BCUT2D eigenvalue weighted by atomic mass is 9.62. The van der Waals surface area contributed by atoms with Crippen LogP contribution in [0.2, 0.25) is 0 Å². The first-order valence-corrected chi connectivity index (χ1v) is 13.4. The highest BCUT2D eigenvalue weighted by molar-refractivity contribution is 5.98. The fourth-order valence-corrected chi connectivity index (χ4v) is 6.78. The summed E-state index contributed by atoms with van der Waals surface area (Å²) in [5, 5.41) is 9.20. The summed E-state index contributed by atoms with van der Waals surface area (Å²) >= 11 is 0. The number of amides is 2. The number of unbranched alkanes of at least 4 members (excludes halogenated alkanes) is 2. The zero-order valence-electron chi connectivity index (χ0n) is 22.4. The van der Waals surface area contributed by atoms with E-state index < -0.39 is 35.0 Å². The van der Waals surface area contributed by atoms with Gasteiger partial charge in [0.2, 0.25) is 11.8 Å². The van der Waals surface area contributed by atoms with Gasteiger partial charge in [-0.1, -0.05) is 39.0 Å². The van der Waals surface area contributed by atoms with E-state index in [1.165, 1.54) is 6.08 Å². The molecule has 3 heterocycles. The maximum absolute atomic E-state index is 14.3. The van der Waals surface area contributed by atoms with Crippen LogP contribution < -0.4 is 0 Å². The number of carbonyl (C=O) groups excluding carboxylic acids is 3. The summed E-state index contributed by atoms with van der Waals surface area (Å²) in [4.78, 5) is 45.1. The summed E-state index contributed by atoms with van der Waals surface area (Å²) in [6.07, 6.45) is 7.53. The van der Waals surface area contributed by atoms with Gasteiger partial charge in [0.1, 0.15) is 24.2 Å². The standard InChI is InChI=1S/C28H44N2O6/c1-7-13-20(5)29(14-8-2)25(33)23-28-18-19(4)27(6,36-28)22(26(34)35-17-9-3)21(28)24(32)30(23)15-11-10-12-16-31/h8-9,19-23,31H,2-3,7,10-18H2,1,4-6H3/t19?,20?,21-,22+,23?,27-,28?/m0/s1. The molecule has 3 aliphatic rings. The molecular formula is C28H44N2O6. The van der Waals surface area contributed by atoms with Crippen molar-refractivity contribution in [1.82, 2.24) is 9.80 Å². The van der Waals surface area contributed by atoms with Gasteiger partial charge < -0.3 is 24.4 Å². The molecule has 2 amide bonds. The predicted molar refractivity (Wildman–Crippen MR) is 137 cm³/mol. The second kappa shape index (κ2) is 11.5. The van der Waals surface area contributed by atoms with Crippen molar-refractivity contribution < 1.29 is 29.0 Å². The molecule has 3 saturated heterocycles. The summed E-state index contributed by atoms with van der Waals surface area (Å²) in [6, 6.07) is -0.841. The van der Waals surface area contributed by atoms with Gasteiger partial charge in [-0.25, -0.2) is 0 Å². The SMILES string of the molecule is C=CCOC(=O)[C@H]1[C@H]2C(=O)N(CCCCCO)C(C(=O)N(CC=C)C(C)CCC)C23CC(C)[C@]1(C)O3. The Morgan fingerprint density at radius 1 is 1.31 bits per heavy atom. The van der Waals surface area contributed by atoms with E-state index in [9.17, 15) is 19.5 Å². The Bertz CT molecular complexity index is 861. The summed E-state index contributed by atoms with van der Waals surface area (Å²) in [5.41, 5.74) is -1.97. The number of nitrogens with zero attached hydrogens (tertiary/aromatic N) is 2. The molecule has 0 aromatic heterocycles. The lowest BCUT2D eigenvalue weighted by Gasteiger charge is -2.39. The molecule has 1 spiro atoms. The van der Waals surface area contributed by atoms with Crippen LogP contribution in [-0.4, -0.2) is 82.3 Å². The number of aliphatic hydroxyl groups is 1. The van der Waals surface area contributed by atoms with E-state index in [1.807, 2.05) is 20.8 Å². The third-order valence-corrected chi connectivity index (χ3v) is 8.55. The van der Waals surface area contributed by atoms with Crippen molar-refractivity contribution in [1.29, 1.82) is 0 Å². The van der Waals surface area contributed by atoms with Gasteiger partial charge in [-0.15, -0.1) is 6.58 Å². The smallest absolute Gasteiger partial charge is 0.313 e. The molecule has 0 saturated carbocycles. The number of likely N-dealkylation sites (tertiary alicyclic amines) is 1. The van der Waals surface area contributed by atoms with Crippen LogP contribution in [-0.2, 0) is 23.9 Å². The Balaban J connectivity index is 2.06. The number of aliphatic hydroxyl groups excluding tert-OH is 1. The van der Waals surface area contributed by atoms with Crippen LogP contribution in [0.4, 0.5) is 0 Å². The highest BCUT2D eigenvalue weighted by Crippen LogP contribution is 2.65. The Hall–Kier alpha value is -2.19. The monoisotopic (exact) mass is 504 g/mol. The molecule has 8 nitrogen and oxygen atoms in total. The number of fused-ring (bicyclic) bond motifs is 1. The highest BCUT2D eigenvalue weighted by Gasteiger charge is 2.80. The Morgan fingerprint density at radius 3 is 2.64 bits per heavy atom. The number of ether oxygens (including phenoxy) is 2. The van der Waals surface area contributed by atoms with Gasteiger partial charge in [-0.2, -0.15) is 0 Å². The minimum absolute atomic E-state index is 0.0257. The number of carbonyl (C=O) groups is 3. The van der Waals surface area contributed by atoms with Crippen LogP contribution in [0.3, 0.4) is 0 Å². The maximum Gasteiger partial charge on any atom is 0.313 e. The van der Waals surface area contributed by atoms with Gasteiger partial charge in [0, 0.05) is 25.7 Å². The first-order valence-electron chi connectivity index (χ1n) is 13.4. The molecule has 0 aromatic carbocycles. The van der Waals surface area contributed by atoms with Crippen molar-refractivity contribution in [3.63, 3.8) is 0 Å². The zero-order chi connectivity index (χ0) is 26.7. The minimum atomic E-state index is -1.08. The molecule has 3 fully saturated rings. The van der Waals surface area contributed by atoms with Crippen molar-refractivity contribution in [3.05, 3.63) is 25.3 Å². The molecular weight excluding hydrogens is 460 g/mol. The minimum Gasteiger partial charge on any atom is -0.461 e. The van der Waals surface area contributed by atoms with E-state index >= 15 is 0 Å². The lowest BCUT2D eigenvalue weighted by molar-refractivity contribution is -0.161. The van der Waals surface area contributed by atoms with E-state index in [2.05, 4.69) is 20.1 Å². The van der Waals surface area contributed by atoms with Crippen LogP contribution in [0.1, 0.15) is 66.2 Å². The number of esters is 1. The fourth-order valence-electron chi connectivity index (χ4n) is 6.78. The summed E-state index contributed by atoms with van der Waals surface area (Å²) in [6.45, 7) is 16.4. The lowest BCUT2D eigenvalue weighted by Crippen LogP contribution is -2.58. The second-order valence-corrected chi connectivity index (χ2v) is 10.9. The zero-order valence-corrected chi connectivity index (χ0v) is 22.4. The molecule has 1 N–H and O–H groups in total. The van der Waals surface area contributed by atoms with Crippen molar-refractivity contribution in [2.75, 3.05) is 26.3 Å². The number of rotatable bonds is 14. The van der Waals surface area contributed by atoms with Crippen LogP contribution in [0.15, 0.2) is 25.3 Å². The Morgan fingerprint density at radius 2 is 2.03 bits per heavy atom. The van der Waals surface area contributed by atoms with Crippen molar-refractivity contribution in [2.45, 2.75) is 89.5 Å². The highest BCUT2D eigenvalue weighted by atomic mass is 16.6. The number of hydrogen-bond acceptors (Lipinski definition) is 6. The van der Waals surface area contributed by atoms with Crippen molar-refractivity contribution in [3.8, 4) is 0 Å². The molecule has 202 valence electrons. The van der Waals surface area contributed by atoms with E-state index in [1.54, 1.807) is 15.9 Å². The Kier molecular flexibility index (Phi) is 9.04. The summed E-state index contributed by atoms with van der Waals surface area (Å²) < 4.78 is 12.2. The molecule has 3 rings (SSSR count). The molecule has 4 unspecified atom stereocenters. The predicted octanol–water partition coefficient (Wildman–Crippen LogP) is 3.09. The van der Waals surface area contributed by atoms with E-state index in [-0.39, 0.29) is 37.0 Å². The van der Waals surface area contributed by atoms with Crippen LogP contribution in [0, 0.1) is 17.8 Å². The average Bonchev–Trinajstić information content (AvgIpc) is 3.35. The molecule has 7 atom stereocenters. The largest absolute Gasteiger partial charge is 0.461 e. The third-order valence-electron chi connectivity index (χ3n) is 8.55. The maximum atomic E-state index is 14.3. The van der Waals surface area contributed by atoms with E-state index in [0.29, 0.717) is 32.4 Å². The second-order valence-electron chi connectivity index (χ2n) is 10.9. The molecule has 36 heavy (non-hydrogen) atoms. The van der Waals surface area contributed by atoms with Crippen LogP contribution in [0.25, 0.3) is 0 Å².